The van der Waals surface area contributed by atoms with Crippen molar-refractivity contribution >= 4 is 51.1 Å². The Kier molecular flexibility index (Phi) is 7.75. The van der Waals surface area contributed by atoms with Crippen LogP contribution in [0.4, 0.5) is 38.1 Å². The molecule has 16 heteroatoms. The predicted octanol–water partition coefficient (Wildman–Crippen LogP) is 6.94. The molecule has 0 radical (unpaired) electrons. The lowest BCUT2D eigenvalue weighted by atomic mass is 10.1. The molecule has 3 aromatic carbocycles. The molecule has 0 unspecified atom stereocenters. The Morgan fingerprint density at radius 2 is 1.74 bits per heavy atom. The summed E-state index contributed by atoms with van der Waals surface area (Å²) in [5.41, 5.74) is 3.67. The van der Waals surface area contributed by atoms with Gasteiger partial charge >= 0.3 is 18.3 Å². The van der Waals surface area contributed by atoms with E-state index < -0.39 is 24.1 Å². The summed E-state index contributed by atoms with van der Waals surface area (Å²) < 4.78 is 70.7. The molecule has 1 N–H and O–H groups in total. The molecule has 1 fully saturated rings. The average Bonchev–Trinajstić information content (AvgIpc) is 3.73. The normalized spacial score (nSPS) is 14.8. The van der Waals surface area contributed by atoms with Crippen molar-refractivity contribution in [1.82, 2.24) is 19.3 Å². The van der Waals surface area contributed by atoms with Crippen LogP contribution in [-0.4, -0.2) is 54.5 Å². The second kappa shape index (κ2) is 11.6. The minimum Gasteiger partial charge on any atom is -0.426 e. The first-order valence-corrected chi connectivity index (χ1v) is 14.4. The number of nitrogens with one attached hydrogen (secondary N) is 1. The molecule has 2 aromatic heterocycles. The molecule has 5 aromatic rings. The van der Waals surface area contributed by atoms with Gasteiger partial charge in [0.2, 0.25) is 5.91 Å². The lowest BCUT2D eigenvalue weighted by molar-refractivity contribution is -0.360. The zero-order valence-corrected chi connectivity index (χ0v) is 24.7. The number of rotatable bonds is 6. The maximum atomic E-state index is 13.2. The first-order valence-electron chi connectivity index (χ1n) is 13.5. The summed E-state index contributed by atoms with van der Waals surface area (Å²) in [6, 6.07) is 16.3. The summed E-state index contributed by atoms with van der Waals surface area (Å²) in [6.45, 7) is 1.76. The second-order valence-electron chi connectivity index (χ2n) is 10.2. The molecule has 0 spiro atoms. The molecule has 1 aliphatic heterocycles. The number of alkyl halides is 5. The summed E-state index contributed by atoms with van der Waals surface area (Å²) in [5, 5.41) is 8.29. The van der Waals surface area contributed by atoms with Crippen molar-refractivity contribution in [1.29, 1.82) is 0 Å². The topological polar surface area (TPSA) is 107 Å². The van der Waals surface area contributed by atoms with E-state index in [-0.39, 0.29) is 22.7 Å². The van der Waals surface area contributed by atoms with Gasteiger partial charge in [-0.25, -0.2) is 14.5 Å². The summed E-state index contributed by atoms with van der Waals surface area (Å²) in [4.78, 5) is 35.4. The molecule has 236 valence electrons. The number of amides is 3. The van der Waals surface area contributed by atoms with Crippen molar-refractivity contribution in [3.8, 4) is 22.8 Å². The minimum atomic E-state index is -5.86. The standard InChI is InChI=1S/C30H22F5N7O3S/c1-17-13-19(26-36-16-41(39-26)20-4-7-22(8-5-20)45-30(34,35)29(31,32)33)3-9-23(17)37-27(44)38-28-42(25(43)15-46-28)21-6-10-24-18(14-21)11-12-40(24)2/h3-14,16H,15H2,1-2H3,(H,37,44). The molecule has 3 heterocycles. The number of hydrogen-bond acceptors (Lipinski definition) is 6. The number of aryl methyl sites for hydroxylation is 2. The quantitative estimate of drug-likeness (QED) is 0.199. The van der Waals surface area contributed by atoms with Gasteiger partial charge in [0, 0.05) is 35.4 Å². The van der Waals surface area contributed by atoms with Gasteiger partial charge < -0.3 is 14.6 Å². The Bertz CT molecular complexity index is 2000. The van der Waals surface area contributed by atoms with Crippen LogP contribution >= 0.6 is 11.8 Å². The minimum absolute atomic E-state index is 0.151. The van der Waals surface area contributed by atoms with E-state index in [1.807, 2.05) is 36.0 Å². The van der Waals surface area contributed by atoms with Crippen LogP contribution in [0.15, 0.2) is 84.2 Å². The number of hydrogen-bond donors (Lipinski definition) is 1. The molecule has 0 atom stereocenters. The summed E-state index contributed by atoms with van der Waals surface area (Å²) in [7, 11) is 1.93. The van der Waals surface area contributed by atoms with Crippen LogP contribution in [0.3, 0.4) is 0 Å². The van der Waals surface area contributed by atoms with Gasteiger partial charge in [0.05, 0.1) is 17.1 Å². The van der Waals surface area contributed by atoms with Crippen LogP contribution in [0.2, 0.25) is 0 Å². The Balaban J connectivity index is 1.14. The van der Waals surface area contributed by atoms with Crippen LogP contribution in [-0.2, 0) is 11.8 Å². The highest BCUT2D eigenvalue weighted by Gasteiger charge is 2.61. The number of amidine groups is 1. The monoisotopic (exact) mass is 655 g/mol. The van der Waals surface area contributed by atoms with E-state index in [4.69, 9.17) is 0 Å². The number of aromatic nitrogens is 4. The number of nitrogens with zero attached hydrogens (tertiary/aromatic N) is 6. The average molecular weight is 656 g/mol. The van der Waals surface area contributed by atoms with Crippen LogP contribution in [0, 0.1) is 6.92 Å². The maximum Gasteiger partial charge on any atom is 0.499 e. The number of halogens is 5. The third kappa shape index (κ3) is 6.02. The van der Waals surface area contributed by atoms with Gasteiger partial charge in [-0.1, -0.05) is 11.8 Å². The molecule has 6 rings (SSSR count). The maximum absolute atomic E-state index is 13.2. The van der Waals surface area contributed by atoms with Gasteiger partial charge in [-0.2, -0.15) is 26.9 Å². The third-order valence-corrected chi connectivity index (χ3v) is 7.91. The Hall–Kier alpha value is -5.25. The van der Waals surface area contributed by atoms with Crippen molar-refractivity contribution in [2.45, 2.75) is 19.2 Å². The number of benzene rings is 3. The van der Waals surface area contributed by atoms with Gasteiger partial charge in [0.1, 0.15) is 12.1 Å². The van der Waals surface area contributed by atoms with Crippen molar-refractivity contribution in [3.63, 3.8) is 0 Å². The number of anilines is 2. The fourth-order valence-corrected chi connectivity index (χ4v) is 5.54. The van der Waals surface area contributed by atoms with E-state index in [9.17, 15) is 31.5 Å². The number of carbonyl (C=O) groups excluding carboxylic acids is 2. The molecule has 0 aliphatic carbocycles. The molecular weight excluding hydrogens is 633 g/mol. The SMILES string of the molecule is Cc1cc(-c2ncn(-c3ccc(OC(F)(F)C(F)(F)F)cc3)n2)ccc1NC(=O)N=C1SCC(=O)N1c1ccc2c(ccn2C)c1. The summed E-state index contributed by atoms with van der Waals surface area (Å²) >= 11 is 1.17. The Morgan fingerprint density at radius 1 is 1.00 bits per heavy atom. The molecule has 1 aliphatic rings. The molecule has 3 amide bonds. The number of urea groups is 1. The van der Waals surface area contributed by atoms with Crippen LogP contribution < -0.4 is 15.0 Å². The fraction of sp³-hybridized carbons (Fsp3) is 0.167. The molecule has 10 nitrogen and oxygen atoms in total. The van der Waals surface area contributed by atoms with Crippen LogP contribution in [0.1, 0.15) is 5.56 Å². The van der Waals surface area contributed by atoms with Gasteiger partial charge in [-0.3, -0.25) is 9.69 Å². The van der Waals surface area contributed by atoms with Gasteiger partial charge in [-0.05, 0) is 79.2 Å². The highest BCUT2D eigenvalue weighted by Crippen LogP contribution is 2.37. The van der Waals surface area contributed by atoms with E-state index >= 15 is 0 Å². The third-order valence-electron chi connectivity index (χ3n) is 6.98. The van der Waals surface area contributed by atoms with Crippen molar-refractivity contribution in [3.05, 3.63) is 84.8 Å². The Morgan fingerprint density at radius 3 is 2.46 bits per heavy atom. The van der Waals surface area contributed by atoms with Crippen molar-refractivity contribution in [2.24, 2.45) is 12.0 Å². The van der Waals surface area contributed by atoms with E-state index in [1.54, 1.807) is 31.2 Å². The van der Waals surface area contributed by atoms with Crippen LogP contribution in [0.25, 0.3) is 28.0 Å². The molecule has 0 saturated carbocycles. The lowest BCUT2D eigenvalue weighted by Crippen LogP contribution is -2.41. The number of carbonyl (C=O) groups is 2. The first kappa shape index (κ1) is 30.8. The van der Waals surface area contributed by atoms with Gasteiger partial charge in [0.15, 0.2) is 11.0 Å². The largest absolute Gasteiger partial charge is 0.499 e. The van der Waals surface area contributed by atoms with Gasteiger partial charge in [-0.15, -0.1) is 5.10 Å². The number of aliphatic imine (C=N–C) groups is 1. The first-order chi connectivity index (χ1) is 21.8. The van der Waals surface area contributed by atoms with E-state index in [0.717, 1.165) is 23.0 Å². The Labute approximate surface area is 261 Å². The highest BCUT2D eigenvalue weighted by atomic mass is 32.2. The number of thioether (sulfide) groups is 1. The van der Waals surface area contributed by atoms with E-state index in [2.05, 4.69) is 25.1 Å². The predicted molar refractivity (Wildman–Crippen MR) is 162 cm³/mol. The van der Waals surface area contributed by atoms with E-state index in [0.29, 0.717) is 28.2 Å². The summed E-state index contributed by atoms with van der Waals surface area (Å²) in [6.07, 6.45) is -7.93. The molecular formula is C30H22F5N7O3S. The summed E-state index contributed by atoms with van der Waals surface area (Å²) in [5.74, 6) is -0.425. The van der Waals surface area contributed by atoms with Crippen molar-refractivity contribution < 1.29 is 36.3 Å². The highest BCUT2D eigenvalue weighted by molar-refractivity contribution is 8.15. The van der Waals surface area contributed by atoms with Crippen molar-refractivity contribution in [2.75, 3.05) is 16.0 Å². The second-order valence-corrected chi connectivity index (χ2v) is 11.1. The molecule has 1 saturated heterocycles. The van der Waals surface area contributed by atoms with Gasteiger partial charge in [0.25, 0.3) is 0 Å². The molecule has 46 heavy (non-hydrogen) atoms. The lowest BCUT2D eigenvalue weighted by Gasteiger charge is -2.20. The smallest absolute Gasteiger partial charge is 0.426 e. The zero-order valence-electron chi connectivity index (χ0n) is 23.9. The molecule has 0 bridgehead atoms. The fourth-order valence-electron chi connectivity index (χ4n) is 4.67. The number of ether oxygens (including phenoxy) is 1. The van der Waals surface area contributed by atoms with E-state index in [1.165, 1.54) is 39.8 Å². The zero-order chi connectivity index (χ0) is 32.8. The van der Waals surface area contributed by atoms with Crippen LogP contribution in [0.5, 0.6) is 5.75 Å². The number of fused-ring (bicyclic) bond motifs is 1.